The number of carbonyl (C=O) groups is 1. The van der Waals surface area contributed by atoms with Crippen LogP contribution in [0.5, 0.6) is 0 Å². The molecular formula is C16H18N2O2. The molecule has 1 aromatic carbocycles. The Kier molecular flexibility index (Phi) is 3.22. The molecule has 104 valence electrons. The number of benzene rings is 1. The number of hydrogen-bond acceptors (Lipinski definition) is 4. The van der Waals surface area contributed by atoms with Gasteiger partial charge in [-0.3, -0.25) is 4.79 Å². The van der Waals surface area contributed by atoms with E-state index in [4.69, 9.17) is 10.2 Å². The Morgan fingerprint density at radius 1 is 1.40 bits per heavy atom. The highest BCUT2D eigenvalue weighted by Gasteiger charge is 2.30. The van der Waals surface area contributed by atoms with Crippen molar-refractivity contribution in [2.24, 2.45) is 0 Å². The summed E-state index contributed by atoms with van der Waals surface area (Å²) >= 11 is 0. The summed E-state index contributed by atoms with van der Waals surface area (Å²) < 4.78 is 5.43. The number of nitrogens with two attached hydrogens (primary N) is 1. The van der Waals surface area contributed by atoms with E-state index < -0.39 is 0 Å². The van der Waals surface area contributed by atoms with Gasteiger partial charge in [-0.2, -0.15) is 0 Å². The van der Waals surface area contributed by atoms with Crippen LogP contribution in [0.1, 0.15) is 35.9 Å². The number of rotatable bonds is 5. The molecule has 4 heteroatoms. The largest absolute Gasteiger partial charge is 0.467 e. The van der Waals surface area contributed by atoms with Gasteiger partial charge in [0.2, 0.25) is 0 Å². The second-order valence-corrected chi connectivity index (χ2v) is 5.27. The van der Waals surface area contributed by atoms with Crippen LogP contribution < -0.4 is 10.6 Å². The van der Waals surface area contributed by atoms with Gasteiger partial charge in [0.05, 0.1) is 12.8 Å². The molecule has 0 aliphatic heterocycles. The fourth-order valence-electron chi connectivity index (χ4n) is 2.44. The van der Waals surface area contributed by atoms with Gasteiger partial charge in [-0.1, -0.05) is 0 Å². The molecule has 0 atom stereocenters. The van der Waals surface area contributed by atoms with Crippen molar-refractivity contribution in [3.63, 3.8) is 0 Å². The van der Waals surface area contributed by atoms with E-state index in [-0.39, 0.29) is 5.78 Å². The summed E-state index contributed by atoms with van der Waals surface area (Å²) in [6.45, 7) is 2.27. The van der Waals surface area contributed by atoms with Gasteiger partial charge in [0.15, 0.2) is 5.78 Å². The van der Waals surface area contributed by atoms with Gasteiger partial charge in [0.1, 0.15) is 5.76 Å². The average Bonchev–Trinajstić information content (AvgIpc) is 3.12. The first kappa shape index (κ1) is 12.8. The molecule has 20 heavy (non-hydrogen) atoms. The molecule has 0 bridgehead atoms. The van der Waals surface area contributed by atoms with Crippen LogP contribution in [0.25, 0.3) is 0 Å². The Bertz CT molecular complexity index is 615. The van der Waals surface area contributed by atoms with E-state index in [2.05, 4.69) is 4.90 Å². The average molecular weight is 270 g/mol. The van der Waals surface area contributed by atoms with Crippen molar-refractivity contribution in [3.05, 3.63) is 47.9 Å². The minimum absolute atomic E-state index is 0.00180. The monoisotopic (exact) mass is 270 g/mol. The number of Topliss-reactive ketones (excluding diaryl/α,β-unsaturated/α-hetero) is 1. The van der Waals surface area contributed by atoms with E-state index in [1.54, 1.807) is 6.26 Å². The van der Waals surface area contributed by atoms with Gasteiger partial charge < -0.3 is 15.1 Å². The van der Waals surface area contributed by atoms with E-state index in [0.29, 0.717) is 17.3 Å². The predicted molar refractivity (Wildman–Crippen MR) is 78.8 cm³/mol. The molecule has 4 nitrogen and oxygen atoms in total. The van der Waals surface area contributed by atoms with Crippen molar-refractivity contribution >= 4 is 17.2 Å². The van der Waals surface area contributed by atoms with Crippen LogP contribution in [0.2, 0.25) is 0 Å². The maximum Gasteiger partial charge on any atom is 0.161 e. The molecule has 1 saturated carbocycles. The molecule has 0 radical (unpaired) electrons. The predicted octanol–water partition coefficient (Wildman–Crippen LogP) is 3.23. The van der Waals surface area contributed by atoms with Gasteiger partial charge in [0.25, 0.3) is 0 Å². The van der Waals surface area contributed by atoms with Crippen molar-refractivity contribution in [3.8, 4) is 0 Å². The van der Waals surface area contributed by atoms with Crippen molar-refractivity contribution < 1.29 is 9.21 Å². The second-order valence-electron chi connectivity index (χ2n) is 5.27. The van der Waals surface area contributed by atoms with E-state index >= 15 is 0 Å². The number of anilines is 2. The summed E-state index contributed by atoms with van der Waals surface area (Å²) in [6.07, 6.45) is 4.07. The fourth-order valence-corrected chi connectivity index (χ4v) is 2.44. The minimum atomic E-state index is -0.00180. The summed E-state index contributed by atoms with van der Waals surface area (Å²) in [5.41, 5.74) is 8.16. The van der Waals surface area contributed by atoms with Crippen molar-refractivity contribution in [1.29, 1.82) is 0 Å². The quantitative estimate of drug-likeness (QED) is 0.669. The van der Waals surface area contributed by atoms with Gasteiger partial charge in [-0.05, 0) is 50.1 Å². The van der Waals surface area contributed by atoms with Crippen molar-refractivity contribution in [1.82, 2.24) is 0 Å². The standard InChI is InChI=1S/C16H18N2O2/c1-11(19)15-7-6-13(9-16(15)17)18(12-4-5-12)10-14-3-2-8-20-14/h2-3,6-9,12H,4-5,10,17H2,1H3. The number of ketones is 1. The van der Waals surface area contributed by atoms with Crippen LogP contribution in [0, 0.1) is 0 Å². The second kappa shape index (κ2) is 5.04. The van der Waals surface area contributed by atoms with Crippen LogP contribution in [-0.2, 0) is 6.54 Å². The zero-order chi connectivity index (χ0) is 14.1. The Morgan fingerprint density at radius 2 is 2.20 bits per heavy atom. The summed E-state index contributed by atoms with van der Waals surface area (Å²) in [7, 11) is 0. The number of furan rings is 1. The van der Waals surface area contributed by atoms with Crippen LogP contribution in [0.3, 0.4) is 0 Å². The lowest BCUT2D eigenvalue weighted by Gasteiger charge is -2.24. The fraction of sp³-hybridized carbons (Fsp3) is 0.312. The van der Waals surface area contributed by atoms with Gasteiger partial charge in [-0.15, -0.1) is 0 Å². The maximum atomic E-state index is 11.4. The number of hydrogen-bond donors (Lipinski definition) is 1. The van der Waals surface area contributed by atoms with Gasteiger partial charge in [0, 0.05) is 23.0 Å². The molecule has 0 amide bonds. The molecule has 1 fully saturated rings. The van der Waals surface area contributed by atoms with E-state index in [1.807, 2.05) is 30.3 Å². The zero-order valence-corrected chi connectivity index (χ0v) is 11.5. The minimum Gasteiger partial charge on any atom is -0.467 e. The molecule has 1 aliphatic rings. The normalized spacial score (nSPS) is 14.2. The third-order valence-electron chi connectivity index (χ3n) is 3.64. The number of nitrogens with zero attached hydrogens (tertiary/aromatic N) is 1. The lowest BCUT2D eigenvalue weighted by atomic mass is 10.1. The van der Waals surface area contributed by atoms with Gasteiger partial charge in [-0.25, -0.2) is 0 Å². The first-order valence-corrected chi connectivity index (χ1v) is 6.84. The molecular weight excluding hydrogens is 252 g/mol. The molecule has 0 saturated heterocycles. The molecule has 0 spiro atoms. The van der Waals surface area contributed by atoms with Crippen LogP contribution in [0.4, 0.5) is 11.4 Å². The van der Waals surface area contributed by atoms with E-state index in [9.17, 15) is 4.79 Å². The van der Waals surface area contributed by atoms with Crippen LogP contribution in [0.15, 0.2) is 41.0 Å². The molecule has 0 unspecified atom stereocenters. The van der Waals surface area contributed by atoms with Crippen molar-refractivity contribution in [2.45, 2.75) is 32.4 Å². The van der Waals surface area contributed by atoms with Crippen LogP contribution in [-0.4, -0.2) is 11.8 Å². The molecule has 1 heterocycles. The Morgan fingerprint density at radius 3 is 2.75 bits per heavy atom. The highest BCUT2D eigenvalue weighted by atomic mass is 16.3. The van der Waals surface area contributed by atoms with E-state index in [0.717, 1.165) is 18.0 Å². The zero-order valence-electron chi connectivity index (χ0n) is 11.5. The Hall–Kier alpha value is -2.23. The van der Waals surface area contributed by atoms with Crippen molar-refractivity contribution in [2.75, 3.05) is 10.6 Å². The molecule has 1 aliphatic carbocycles. The molecule has 2 N–H and O–H groups in total. The molecule has 2 aromatic rings. The third kappa shape index (κ3) is 2.54. The smallest absolute Gasteiger partial charge is 0.161 e. The number of carbonyl (C=O) groups excluding carboxylic acids is 1. The lowest BCUT2D eigenvalue weighted by Crippen LogP contribution is -2.25. The Balaban J connectivity index is 1.88. The SMILES string of the molecule is CC(=O)c1ccc(N(Cc2ccco2)C2CC2)cc1N. The summed E-state index contributed by atoms with van der Waals surface area (Å²) in [4.78, 5) is 13.7. The first-order valence-electron chi connectivity index (χ1n) is 6.84. The Labute approximate surface area is 118 Å². The molecule has 3 rings (SSSR count). The van der Waals surface area contributed by atoms with Gasteiger partial charge >= 0.3 is 0 Å². The lowest BCUT2D eigenvalue weighted by molar-refractivity contribution is 0.101. The summed E-state index contributed by atoms with van der Waals surface area (Å²) in [6, 6.07) is 10.1. The molecule has 1 aromatic heterocycles. The number of nitrogen functional groups attached to an aromatic ring is 1. The van der Waals surface area contributed by atoms with Crippen LogP contribution >= 0.6 is 0 Å². The van der Waals surface area contributed by atoms with E-state index in [1.165, 1.54) is 19.8 Å². The highest BCUT2D eigenvalue weighted by Crippen LogP contribution is 2.34. The third-order valence-corrected chi connectivity index (χ3v) is 3.64. The highest BCUT2D eigenvalue weighted by molar-refractivity contribution is 5.99. The summed E-state index contributed by atoms with van der Waals surface area (Å²) in [5.74, 6) is 0.934. The topological polar surface area (TPSA) is 59.5 Å². The first-order chi connectivity index (χ1) is 9.65. The maximum absolute atomic E-state index is 11.4. The summed E-state index contributed by atoms with van der Waals surface area (Å²) in [5, 5.41) is 0.